The zero-order chi connectivity index (χ0) is 16.5. The lowest BCUT2D eigenvalue weighted by Crippen LogP contribution is -2.20. The molecular formula is C16H25NO4Si. The molecule has 2 N–H and O–H groups in total. The van der Waals surface area contributed by atoms with E-state index in [0.29, 0.717) is 12.0 Å². The monoisotopic (exact) mass is 323 g/mol. The van der Waals surface area contributed by atoms with Crippen molar-refractivity contribution >= 4 is 20.8 Å². The maximum atomic E-state index is 11.7. The number of carbonyl (C=O) groups is 1. The molecule has 122 valence electrons. The molecule has 0 radical (unpaired) electrons. The summed E-state index contributed by atoms with van der Waals surface area (Å²) in [7, 11) is 3.35. The number of amides is 1. The fraction of sp³-hybridized carbons (Fsp3) is 0.438. The van der Waals surface area contributed by atoms with E-state index in [1.165, 1.54) is 0 Å². The van der Waals surface area contributed by atoms with Gasteiger partial charge in [-0.05, 0) is 49.1 Å². The first kappa shape index (κ1) is 18.4. The normalized spacial score (nSPS) is 12.2. The van der Waals surface area contributed by atoms with Gasteiger partial charge in [-0.2, -0.15) is 0 Å². The molecule has 0 spiro atoms. The molecule has 5 nitrogen and oxygen atoms in total. The van der Waals surface area contributed by atoms with Crippen LogP contribution in [0.1, 0.15) is 25.3 Å². The van der Waals surface area contributed by atoms with Crippen LogP contribution in [0.3, 0.4) is 0 Å². The SMILES string of the molecule is COc1ccc(C(C)=C(CCC[SiH](OC)OC)C(N)=O)cc1. The lowest BCUT2D eigenvalue weighted by molar-refractivity contribution is -0.114. The highest BCUT2D eigenvalue weighted by Crippen LogP contribution is 2.24. The van der Waals surface area contributed by atoms with Crippen LogP contribution in [0.15, 0.2) is 29.8 Å². The molecule has 0 unspecified atom stereocenters. The van der Waals surface area contributed by atoms with Gasteiger partial charge in [-0.15, -0.1) is 0 Å². The van der Waals surface area contributed by atoms with Gasteiger partial charge in [0.15, 0.2) is 0 Å². The van der Waals surface area contributed by atoms with E-state index in [1.807, 2.05) is 31.2 Å². The zero-order valence-electron chi connectivity index (χ0n) is 13.7. The van der Waals surface area contributed by atoms with Crippen molar-refractivity contribution in [3.63, 3.8) is 0 Å². The number of rotatable bonds is 9. The Kier molecular flexibility index (Phi) is 7.87. The number of carbonyl (C=O) groups excluding carboxylic acids is 1. The van der Waals surface area contributed by atoms with Crippen molar-refractivity contribution in [3.05, 3.63) is 35.4 Å². The largest absolute Gasteiger partial charge is 0.497 e. The van der Waals surface area contributed by atoms with Crippen LogP contribution < -0.4 is 10.5 Å². The van der Waals surface area contributed by atoms with Crippen molar-refractivity contribution in [1.82, 2.24) is 0 Å². The molecule has 1 amide bonds. The zero-order valence-corrected chi connectivity index (χ0v) is 14.9. The molecule has 1 aromatic carbocycles. The second-order valence-electron chi connectivity index (χ2n) is 4.99. The molecule has 1 rings (SSSR count). The van der Waals surface area contributed by atoms with E-state index in [1.54, 1.807) is 21.3 Å². The third-order valence-corrected chi connectivity index (χ3v) is 5.60. The van der Waals surface area contributed by atoms with Gasteiger partial charge >= 0.3 is 9.28 Å². The van der Waals surface area contributed by atoms with Gasteiger partial charge in [0.1, 0.15) is 5.75 Å². The molecule has 6 heteroatoms. The second kappa shape index (κ2) is 9.40. The third-order valence-electron chi connectivity index (χ3n) is 3.67. The summed E-state index contributed by atoms with van der Waals surface area (Å²) in [5.41, 5.74) is 8.08. The molecule has 0 saturated carbocycles. The van der Waals surface area contributed by atoms with Crippen molar-refractivity contribution in [2.45, 2.75) is 25.8 Å². The van der Waals surface area contributed by atoms with E-state index in [2.05, 4.69) is 0 Å². The van der Waals surface area contributed by atoms with Gasteiger partial charge in [-0.1, -0.05) is 12.1 Å². The average Bonchev–Trinajstić information content (AvgIpc) is 2.54. The first-order chi connectivity index (χ1) is 10.5. The lowest BCUT2D eigenvalue weighted by atomic mass is 9.98. The van der Waals surface area contributed by atoms with E-state index in [0.717, 1.165) is 29.4 Å². The van der Waals surface area contributed by atoms with E-state index in [-0.39, 0.29) is 5.91 Å². The van der Waals surface area contributed by atoms with E-state index >= 15 is 0 Å². The van der Waals surface area contributed by atoms with Crippen LogP contribution in [0.2, 0.25) is 6.04 Å². The fourth-order valence-corrected chi connectivity index (χ4v) is 3.49. The first-order valence-corrected chi connectivity index (χ1v) is 8.99. The van der Waals surface area contributed by atoms with E-state index < -0.39 is 9.28 Å². The van der Waals surface area contributed by atoms with Gasteiger partial charge in [-0.25, -0.2) is 0 Å². The number of ether oxygens (including phenoxy) is 1. The minimum atomic E-state index is -1.59. The Morgan fingerprint density at radius 3 is 2.18 bits per heavy atom. The molecule has 0 heterocycles. The summed E-state index contributed by atoms with van der Waals surface area (Å²) in [5, 5.41) is 0. The van der Waals surface area contributed by atoms with E-state index in [9.17, 15) is 4.79 Å². The Labute approximate surface area is 133 Å². The van der Waals surface area contributed by atoms with Gasteiger partial charge in [0.25, 0.3) is 0 Å². The molecule has 0 bridgehead atoms. The van der Waals surface area contributed by atoms with Crippen molar-refractivity contribution in [2.24, 2.45) is 5.73 Å². The highest BCUT2D eigenvalue weighted by atomic mass is 28.3. The van der Waals surface area contributed by atoms with Gasteiger partial charge in [0.05, 0.1) is 7.11 Å². The smallest absolute Gasteiger partial charge is 0.320 e. The number of methoxy groups -OCH3 is 1. The molecular weight excluding hydrogens is 298 g/mol. The molecule has 1 aromatic rings. The first-order valence-electron chi connectivity index (χ1n) is 7.23. The Balaban J connectivity index is 2.84. The van der Waals surface area contributed by atoms with Crippen LogP contribution in [0.4, 0.5) is 0 Å². The minimum absolute atomic E-state index is 0.374. The fourth-order valence-electron chi connectivity index (χ4n) is 2.29. The van der Waals surface area contributed by atoms with E-state index in [4.69, 9.17) is 19.3 Å². The average molecular weight is 323 g/mol. The van der Waals surface area contributed by atoms with Crippen molar-refractivity contribution in [2.75, 3.05) is 21.3 Å². The van der Waals surface area contributed by atoms with Crippen molar-refractivity contribution in [3.8, 4) is 5.75 Å². The second-order valence-corrected chi connectivity index (χ2v) is 7.37. The van der Waals surface area contributed by atoms with Crippen LogP contribution in [0.5, 0.6) is 5.75 Å². The molecule has 0 aliphatic carbocycles. The standard InChI is InChI=1S/C16H25NO4Si/c1-12(13-7-9-14(19-2)10-8-13)15(16(17)18)6-5-11-22(20-3)21-4/h7-10,22H,5-6,11H2,1-4H3,(H2,17,18). The predicted molar refractivity (Wildman–Crippen MR) is 90.0 cm³/mol. The lowest BCUT2D eigenvalue weighted by Gasteiger charge is -2.13. The topological polar surface area (TPSA) is 70.8 Å². The van der Waals surface area contributed by atoms with Gasteiger partial charge in [0.2, 0.25) is 5.91 Å². The summed E-state index contributed by atoms with van der Waals surface area (Å²) in [6, 6.07) is 8.45. The highest BCUT2D eigenvalue weighted by Gasteiger charge is 2.14. The quantitative estimate of drug-likeness (QED) is 0.559. The number of hydrogen-bond acceptors (Lipinski definition) is 4. The summed E-state index contributed by atoms with van der Waals surface area (Å²) in [4.78, 5) is 11.7. The van der Waals surface area contributed by atoms with Crippen LogP contribution >= 0.6 is 0 Å². The Morgan fingerprint density at radius 2 is 1.73 bits per heavy atom. The minimum Gasteiger partial charge on any atom is -0.497 e. The number of nitrogens with two attached hydrogens (primary N) is 1. The number of benzene rings is 1. The highest BCUT2D eigenvalue weighted by molar-refractivity contribution is 6.44. The Hall–Kier alpha value is -1.63. The van der Waals surface area contributed by atoms with Gasteiger partial charge in [-0.3, -0.25) is 4.79 Å². The number of allylic oxidation sites excluding steroid dienone is 1. The summed E-state index contributed by atoms with van der Waals surface area (Å²) in [5.74, 6) is 0.410. The molecule has 0 aliphatic heterocycles. The Morgan fingerprint density at radius 1 is 1.14 bits per heavy atom. The summed E-state index contributed by atoms with van der Waals surface area (Å²) < 4.78 is 15.7. The summed E-state index contributed by atoms with van der Waals surface area (Å²) >= 11 is 0. The molecule has 0 aromatic heterocycles. The van der Waals surface area contributed by atoms with Crippen molar-refractivity contribution in [1.29, 1.82) is 0 Å². The van der Waals surface area contributed by atoms with Crippen LogP contribution in [0.25, 0.3) is 5.57 Å². The molecule has 0 saturated heterocycles. The third kappa shape index (κ3) is 5.29. The molecule has 22 heavy (non-hydrogen) atoms. The molecule has 0 fully saturated rings. The summed E-state index contributed by atoms with van der Waals surface area (Å²) in [6.07, 6.45) is 1.45. The van der Waals surface area contributed by atoms with Gasteiger partial charge in [0, 0.05) is 19.8 Å². The maximum absolute atomic E-state index is 11.7. The number of primary amides is 1. The van der Waals surface area contributed by atoms with Crippen LogP contribution in [0, 0.1) is 0 Å². The molecule has 0 atom stereocenters. The van der Waals surface area contributed by atoms with Gasteiger partial charge < -0.3 is 19.3 Å². The predicted octanol–water partition coefficient (Wildman–Crippen LogP) is 2.25. The van der Waals surface area contributed by atoms with Crippen LogP contribution in [-0.4, -0.2) is 36.5 Å². The number of hydrogen-bond donors (Lipinski definition) is 1. The van der Waals surface area contributed by atoms with Crippen molar-refractivity contribution < 1.29 is 18.4 Å². The maximum Gasteiger partial charge on any atom is 0.320 e. The summed E-state index contributed by atoms with van der Waals surface area (Å²) in [6.45, 7) is 1.92. The Bertz CT molecular complexity index is 509. The molecule has 0 aliphatic rings. The van der Waals surface area contributed by atoms with Crippen LogP contribution in [-0.2, 0) is 13.6 Å².